The molecule has 0 saturated carbocycles. The molecule has 8 nitrogen and oxygen atoms in total. The topological polar surface area (TPSA) is 117 Å². The molecule has 2 aromatic heterocycles. The maximum absolute atomic E-state index is 12.3. The Kier molecular flexibility index (Phi) is 5.28. The summed E-state index contributed by atoms with van der Waals surface area (Å²) in [6.07, 6.45) is 1.53. The van der Waals surface area contributed by atoms with Gasteiger partial charge in [0.2, 0.25) is 0 Å². The number of pyridine rings is 1. The van der Waals surface area contributed by atoms with Crippen LogP contribution in [0.25, 0.3) is 10.8 Å². The summed E-state index contributed by atoms with van der Waals surface area (Å²) < 4.78 is 0. The SMILES string of the molecule is CCSc1cc(C(=O)NNC(=O)c2n[nH]c(=O)c3ccccc23)ccn1. The number of benzene rings is 1. The number of hydrogen-bond donors (Lipinski definition) is 3. The average molecular weight is 369 g/mol. The lowest BCUT2D eigenvalue weighted by atomic mass is 10.1. The van der Waals surface area contributed by atoms with Gasteiger partial charge in [0.15, 0.2) is 5.69 Å². The van der Waals surface area contributed by atoms with Crippen molar-refractivity contribution in [2.75, 3.05) is 5.75 Å². The summed E-state index contributed by atoms with van der Waals surface area (Å²) in [6.45, 7) is 1.99. The van der Waals surface area contributed by atoms with Crippen molar-refractivity contribution < 1.29 is 9.59 Å². The molecule has 3 aromatic rings. The lowest BCUT2D eigenvalue weighted by Gasteiger charge is -2.09. The molecule has 0 spiro atoms. The first kappa shape index (κ1) is 17.6. The average Bonchev–Trinajstić information content (AvgIpc) is 2.67. The summed E-state index contributed by atoms with van der Waals surface area (Å²) in [4.78, 5) is 40.5. The number of carbonyl (C=O) groups excluding carboxylic acids is 2. The Balaban J connectivity index is 1.75. The molecule has 0 aliphatic rings. The number of aromatic nitrogens is 3. The molecule has 0 aliphatic carbocycles. The Morgan fingerprint density at radius 3 is 2.62 bits per heavy atom. The van der Waals surface area contributed by atoms with Crippen LogP contribution >= 0.6 is 11.8 Å². The minimum atomic E-state index is -0.636. The van der Waals surface area contributed by atoms with Crippen LogP contribution in [0.1, 0.15) is 27.8 Å². The van der Waals surface area contributed by atoms with Crippen LogP contribution in [0.2, 0.25) is 0 Å². The van der Waals surface area contributed by atoms with E-state index in [9.17, 15) is 14.4 Å². The van der Waals surface area contributed by atoms with Gasteiger partial charge in [-0.1, -0.05) is 25.1 Å². The molecule has 0 fully saturated rings. The quantitative estimate of drug-likeness (QED) is 0.474. The molecule has 3 N–H and O–H groups in total. The number of fused-ring (bicyclic) bond motifs is 1. The number of H-pyrrole nitrogens is 1. The van der Waals surface area contributed by atoms with E-state index >= 15 is 0 Å². The molecular formula is C17H15N5O3S. The third-order valence-electron chi connectivity index (χ3n) is 3.49. The monoisotopic (exact) mass is 369 g/mol. The summed E-state index contributed by atoms with van der Waals surface area (Å²) in [7, 11) is 0. The van der Waals surface area contributed by atoms with Gasteiger partial charge in [0, 0.05) is 17.1 Å². The Hall–Kier alpha value is -3.20. The van der Waals surface area contributed by atoms with Crippen molar-refractivity contribution in [1.29, 1.82) is 0 Å². The van der Waals surface area contributed by atoms with Gasteiger partial charge in [-0.15, -0.1) is 11.8 Å². The predicted octanol–water partition coefficient (Wildman–Crippen LogP) is 1.50. The fourth-order valence-electron chi connectivity index (χ4n) is 2.31. The second-order valence-electron chi connectivity index (χ2n) is 5.17. The number of carbonyl (C=O) groups is 2. The van der Waals surface area contributed by atoms with Gasteiger partial charge in [-0.05, 0) is 24.0 Å². The van der Waals surface area contributed by atoms with Crippen molar-refractivity contribution in [1.82, 2.24) is 26.0 Å². The number of rotatable bonds is 4. The molecule has 0 aliphatic heterocycles. The highest BCUT2D eigenvalue weighted by molar-refractivity contribution is 7.99. The molecule has 132 valence electrons. The van der Waals surface area contributed by atoms with Crippen LogP contribution in [0, 0.1) is 0 Å². The van der Waals surface area contributed by atoms with E-state index in [1.165, 1.54) is 18.0 Å². The molecule has 0 bridgehead atoms. The third-order valence-corrected chi connectivity index (χ3v) is 4.30. The van der Waals surface area contributed by atoms with Crippen molar-refractivity contribution in [3.63, 3.8) is 0 Å². The molecular weight excluding hydrogens is 354 g/mol. The van der Waals surface area contributed by atoms with E-state index in [2.05, 4.69) is 26.0 Å². The standard InChI is InChI=1S/C17H15N5O3S/c1-2-26-13-9-10(7-8-18-13)15(23)20-22-17(25)14-11-5-3-4-6-12(11)16(24)21-19-14/h3-9H,2H2,1H3,(H,20,23)(H,21,24)(H,22,25). The lowest BCUT2D eigenvalue weighted by Crippen LogP contribution is -2.42. The Morgan fingerprint density at radius 2 is 1.85 bits per heavy atom. The molecule has 0 unspecified atom stereocenters. The van der Waals surface area contributed by atoms with Crippen LogP contribution < -0.4 is 16.4 Å². The molecule has 2 amide bonds. The molecule has 0 radical (unpaired) electrons. The lowest BCUT2D eigenvalue weighted by molar-refractivity contribution is 0.0844. The fraction of sp³-hybridized carbons (Fsp3) is 0.118. The minimum absolute atomic E-state index is 0.0115. The van der Waals surface area contributed by atoms with Gasteiger partial charge in [-0.25, -0.2) is 10.1 Å². The van der Waals surface area contributed by atoms with E-state index in [0.29, 0.717) is 16.3 Å². The molecule has 3 rings (SSSR count). The van der Waals surface area contributed by atoms with Crippen LogP contribution in [-0.2, 0) is 0 Å². The summed E-state index contributed by atoms with van der Waals surface area (Å²) in [5.74, 6) is -0.282. The van der Waals surface area contributed by atoms with Crippen molar-refractivity contribution in [2.45, 2.75) is 11.9 Å². The van der Waals surface area contributed by atoms with Crippen LogP contribution in [0.4, 0.5) is 0 Å². The van der Waals surface area contributed by atoms with E-state index in [-0.39, 0.29) is 11.3 Å². The number of hydrogen-bond acceptors (Lipinski definition) is 6. The minimum Gasteiger partial charge on any atom is -0.267 e. The maximum atomic E-state index is 12.3. The number of thioether (sulfide) groups is 1. The van der Waals surface area contributed by atoms with Crippen LogP contribution in [0.5, 0.6) is 0 Å². The maximum Gasteiger partial charge on any atom is 0.290 e. The Labute approximate surface area is 152 Å². The molecule has 26 heavy (non-hydrogen) atoms. The number of hydrazine groups is 1. The van der Waals surface area contributed by atoms with Gasteiger partial charge in [-0.3, -0.25) is 25.2 Å². The summed E-state index contributed by atoms with van der Waals surface area (Å²) in [5.41, 5.74) is 4.64. The second-order valence-corrected chi connectivity index (χ2v) is 6.46. The van der Waals surface area contributed by atoms with Crippen molar-refractivity contribution in [3.05, 3.63) is 64.2 Å². The predicted molar refractivity (Wildman–Crippen MR) is 97.9 cm³/mol. The first-order valence-corrected chi connectivity index (χ1v) is 8.75. The zero-order chi connectivity index (χ0) is 18.5. The molecule has 9 heteroatoms. The van der Waals surface area contributed by atoms with E-state index < -0.39 is 11.8 Å². The fourth-order valence-corrected chi connectivity index (χ4v) is 2.95. The normalized spacial score (nSPS) is 10.5. The highest BCUT2D eigenvalue weighted by Crippen LogP contribution is 2.15. The first-order chi connectivity index (χ1) is 12.6. The summed E-state index contributed by atoms with van der Waals surface area (Å²) in [6, 6.07) is 9.79. The largest absolute Gasteiger partial charge is 0.290 e. The van der Waals surface area contributed by atoms with Gasteiger partial charge in [0.05, 0.1) is 10.4 Å². The molecule has 0 atom stereocenters. The van der Waals surface area contributed by atoms with Crippen molar-refractivity contribution in [3.8, 4) is 0 Å². The Morgan fingerprint density at radius 1 is 1.12 bits per heavy atom. The van der Waals surface area contributed by atoms with Gasteiger partial charge in [-0.2, -0.15) is 5.10 Å². The van der Waals surface area contributed by atoms with Gasteiger partial charge < -0.3 is 0 Å². The number of amides is 2. The van der Waals surface area contributed by atoms with Crippen LogP contribution in [0.3, 0.4) is 0 Å². The number of aromatic amines is 1. The van der Waals surface area contributed by atoms with E-state index in [1.54, 1.807) is 36.4 Å². The van der Waals surface area contributed by atoms with Crippen LogP contribution in [-0.4, -0.2) is 32.7 Å². The van der Waals surface area contributed by atoms with Crippen molar-refractivity contribution >= 4 is 34.3 Å². The number of nitrogens with one attached hydrogen (secondary N) is 3. The second kappa shape index (κ2) is 7.79. The van der Waals surface area contributed by atoms with Gasteiger partial charge in [0.25, 0.3) is 17.4 Å². The van der Waals surface area contributed by atoms with E-state index in [4.69, 9.17) is 0 Å². The number of nitrogens with zero attached hydrogens (tertiary/aromatic N) is 2. The van der Waals surface area contributed by atoms with E-state index in [1.807, 2.05) is 6.92 Å². The zero-order valence-corrected chi connectivity index (χ0v) is 14.6. The first-order valence-electron chi connectivity index (χ1n) is 7.77. The Bertz CT molecular complexity index is 1030. The zero-order valence-electron chi connectivity index (χ0n) is 13.8. The summed E-state index contributed by atoms with van der Waals surface area (Å²) >= 11 is 1.51. The van der Waals surface area contributed by atoms with E-state index in [0.717, 1.165) is 10.8 Å². The smallest absolute Gasteiger partial charge is 0.267 e. The van der Waals surface area contributed by atoms with Gasteiger partial charge in [0.1, 0.15) is 0 Å². The molecule has 2 heterocycles. The summed E-state index contributed by atoms with van der Waals surface area (Å²) in [5, 5.41) is 7.52. The van der Waals surface area contributed by atoms with Gasteiger partial charge >= 0.3 is 0 Å². The van der Waals surface area contributed by atoms with Crippen molar-refractivity contribution in [2.24, 2.45) is 0 Å². The molecule has 0 saturated heterocycles. The molecule has 1 aromatic carbocycles. The highest BCUT2D eigenvalue weighted by Gasteiger charge is 2.15. The highest BCUT2D eigenvalue weighted by atomic mass is 32.2. The third kappa shape index (κ3) is 3.72. The van der Waals surface area contributed by atoms with Crippen LogP contribution in [0.15, 0.2) is 52.4 Å².